The normalized spacial score (nSPS) is 13.4. The number of hydrogen-bond donors (Lipinski definition) is 0. The summed E-state index contributed by atoms with van der Waals surface area (Å²) in [4.78, 5) is 0. The molecule has 0 saturated heterocycles. The molecule has 0 spiro atoms. The van der Waals surface area contributed by atoms with E-state index >= 15 is 0 Å². The maximum atomic E-state index is 7.74. The minimum Gasteiger partial charge on any atom is -0.308 e. The first-order valence-corrected chi connectivity index (χ1v) is 19.0. The van der Waals surface area contributed by atoms with E-state index in [0.29, 0.717) is 5.02 Å². The van der Waals surface area contributed by atoms with Gasteiger partial charge in [0, 0.05) is 26.0 Å². The van der Waals surface area contributed by atoms with Gasteiger partial charge in [-0.2, -0.15) is 0 Å². The van der Waals surface area contributed by atoms with Crippen LogP contribution in [-0.4, -0.2) is 9.13 Å². The zero-order chi connectivity index (χ0) is 36.3. The van der Waals surface area contributed by atoms with Gasteiger partial charge in [0.1, 0.15) is 0 Å². The van der Waals surface area contributed by atoms with E-state index in [9.17, 15) is 0 Å². The van der Waals surface area contributed by atoms with Gasteiger partial charge in [0.15, 0.2) is 0 Å². The molecule has 5 aromatic carbocycles. The molecular weight excluding hydrogens is 696 g/mol. The van der Waals surface area contributed by atoms with Crippen LogP contribution in [-0.2, 0) is 21.7 Å². The molecule has 0 aliphatic heterocycles. The van der Waals surface area contributed by atoms with Crippen LogP contribution in [0.5, 0.6) is 0 Å². The highest BCUT2D eigenvalue weighted by atomic mass is 79.9. The third-order valence-electron chi connectivity index (χ3n) is 10.5. The summed E-state index contributed by atoms with van der Waals surface area (Å²) in [6.07, 6.45) is 0. The second kappa shape index (κ2) is 11.5. The largest absolute Gasteiger partial charge is 0.308 e. The fourth-order valence-corrected chi connectivity index (χ4v) is 8.28. The fraction of sp³-hybridized carbons (Fsp3) is 0.348. The summed E-state index contributed by atoms with van der Waals surface area (Å²) in [5.41, 5.74) is 11.9. The van der Waals surface area contributed by atoms with E-state index in [4.69, 9.17) is 11.6 Å². The lowest BCUT2D eigenvalue weighted by Crippen LogP contribution is -2.10. The molecule has 0 unspecified atom stereocenters. The highest BCUT2D eigenvalue weighted by Gasteiger charge is 2.26. The van der Waals surface area contributed by atoms with Crippen LogP contribution in [0.1, 0.15) is 105 Å². The molecule has 258 valence electrons. The molecule has 2 aromatic heterocycles. The van der Waals surface area contributed by atoms with Crippen LogP contribution in [0, 0.1) is 0 Å². The Labute approximate surface area is 311 Å². The Kier molecular flexibility index (Phi) is 8.02. The lowest BCUT2D eigenvalue weighted by atomic mass is 9.85. The number of hydrogen-bond acceptors (Lipinski definition) is 0. The molecule has 0 atom stereocenters. The van der Waals surface area contributed by atoms with E-state index in [1.54, 1.807) is 0 Å². The summed E-state index contributed by atoms with van der Waals surface area (Å²) < 4.78 is 5.68. The molecule has 0 aliphatic carbocycles. The van der Waals surface area contributed by atoms with Crippen molar-refractivity contribution in [3.8, 4) is 11.4 Å². The summed E-state index contributed by atoms with van der Waals surface area (Å²) in [7, 11) is 0. The summed E-state index contributed by atoms with van der Waals surface area (Å²) in [5, 5.41) is 5.69. The molecule has 0 saturated carbocycles. The van der Waals surface area contributed by atoms with Gasteiger partial charge in [-0.3, -0.25) is 0 Å². The van der Waals surface area contributed by atoms with E-state index < -0.39 is 0 Å². The molecule has 7 aromatic rings. The van der Waals surface area contributed by atoms with Crippen LogP contribution in [0.3, 0.4) is 0 Å². The van der Waals surface area contributed by atoms with E-state index in [1.165, 1.54) is 43.8 Å². The molecule has 7 rings (SSSR count). The lowest BCUT2D eigenvalue weighted by Gasteiger charge is -2.20. The Hall–Kier alpha value is -3.53. The van der Waals surface area contributed by atoms with Crippen molar-refractivity contribution in [1.29, 1.82) is 0 Å². The van der Waals surface area contributed by atoms with Gasteiger partial charge in [0.2, 0.25) is 0 Å². The van der Waals surface area contributed by atoms with Gasteiger partial charge in [-0.15, -0.1) is 0 Å². The molecule has 0 fully saturated rings. The van der Waals surface area contributed by atoms with E-state index in [0.717, 1.165) is 37.9 Å². The molecule has 0 bridgehead atoms. The van der Waals surface area contributed by atoms with Crippen molar-refractivity contribution in [3.05, 3.63) is 117 Å². The van der Waals surface area contributed by atoms with Gasteiger partial charge in [-0.1, -0.05) is 119 Å². The summed E-state index contributed by atoms with van der Waals surface area (Å²) in [6.45, 7) is 27.4. The first kappa shape index (κ1) is 34.9. The Morgan fingerprint density at radius 1 is 0.420 bits per heavy atom. The maximum Gasteiger partial charge on any atom is 0.0898 e. The summed E-state index contributed by atoms with van der Waals surface area (Å²) >= 11 is 11.7. The van der Waals surface area contributed by atoms with Crippen molar-refractivity contribution in [1.82, 2.24) is 9.13 Å². The summed E-state index contributed by atoms with van der Waals surface area (Å²) in [5.74, 6) is 0. The quantitative estimate of drug-likeness (QED) is 0.167. The zero-order valence-corrected chi connectivity index (χ0v) is 34.1. The Morgan fingerprint density at radius 2 is 0.720 bits per heavy atom. The first-order chi connectivity index (χ1) is 23.2. The van der Waals surface area contributed by atoms with Crippen LogP contribution >= 0.6 is 27.5 Å². The first-order valence-electron chi connectivity index (χ1n) is 17.8. The molecule has 0 N–H and O–H groups in total. The lowest BCUT2D eigenvalue weighted by molar-refractivity contribution is 0.590. The van der Waals surface area contributed by atoms with Crippen LogP contribution in [0.4, 0.5) is 0 Å². The van der Waals surface area contributed by atoms with Crippen molar-refractivity contribution in [2.45, 2.75) is 105 Å². The van der Waals surface area contributed by atoms with Gasteiger partial charge in [0.25, 0.3) is 0 Å². The van der Waals surface area contributed by atoms with Crippen LogP contribution in [0.25, 0.3) is 55.0 Å². The van der Waals surface area contributed by atoms with Gasteiger partial charge in [0.05, 0.1) is 38.5 Å². The molecular formula is C46H50BrClN2. The van der Waals surface area contributed by atoms with E-state index in [2.05, 4.69) is 193 Å². The molecule has 2 heterocycles. The standard InChI is InChI=1S/C46H50BrClN2/c1-43(2,3)27-13-18-36-31(23-27)32-24-28(44(4,5)6)14-19-37(32)49(36)40-22-17-35(47)42(41(40)48)50-38-20-15-29(45(7,8)9)25-33(38)34-26-30(46(10,11)12)16-21-39(34)50/h13-26H,1-12H3. The third-order valence-corrected chi connectivity index (χ3v) is 11.5. The summed E-state index contributed by atoms with van der Waals surface area (Å²) in [6, 6.07) is 32.1. The number of rotatable bonds is 2. The average molecular weight is 746 g/mol. The number of aromatic nitrogens is 2. The van der Waals surface area contributed by atoms with Crippen molar-refractivity contribution in [2.24, 2.45) is 0 Å². The van der Waals surface area contributed by atoms with Crippen molar-refractivity contribution < 1.29 is 0 Å². The smallest absolute Gasteiger partial charge is 0.0898 e. The van der Waals surface area contributed by atoms with Crippen LogP contribution in [0.15, 0.2) is 89.4 Å². The van der Waals surface area contributed by atoms with Crippen molar-refractivity contribution in [2.75, 3.05) is 0 Å². The Bertz CT molecular complexity index is 2340. The topological polar surface area (TPSA) is 9.86 Å². The van der Waals surface area contributed by atoms with Gasteiger partial charge in [-0.25, -0.2) is 0 Å². The average Bonchev–Trinajstić information content (AvgIpc) is 3.51. The van der Waals surface area contributed by atoms with Crippen molar-refractivity contribution in [3.63, 3.8) is 0 Å². The Balaban J connectivity index is 1.57. The second-order valence-corrected chi connectivity index (χ2v) is 19.6. The highest BCUT2D eigenvalue weighted by molar-refractivity contribution is 9.10. The van der Waals surface area contributed by atoms with Crippen LogP contribution in [0.2, 0.25) is 5.02 Å². The molecule has 0 radical (unpaired) electrons. The zero-order valence-electron chi connectivity index (χ0n) is 31.7. The molecule has 2 nitrogen and oxygen atoms in total. The number of benzene rings is 5. The van der Waals surface area contributed by atoms with Gasteiger partial charge >= 0.3 is 0 Å². The van der Waals surface area contributed by atoms with Crippen molar-refractivity contribution >= 4 is 71.1 Å². The molecule has 50 heavy (non-hydrogen) atoms. The van der Waals surface area contributed by atoms with E-state index in [1.807, 2.05) is 0 Å². The highest BCUT2D eigenvalue weighted by Crippen LogP contribution is 2.45. The minimum atomic E-state index is 0.0264. The van der Waals surface area contributed by atoms with Gasteiger partial charge < -0.3 is 9.13 Å². The number of nitrogens with zero attached hydrogens (tertiary/aromatic N) is 2. The monoisotopic (exact) mass is 744 g/mol. The maximum absolute atomic E-state index is 7.74. The molecule has 4 heteroatoms. The minimum absolute atomic E-state index is 0.0264. The molecule has 0 aliphatic rings. The number of halogens is 2. The predicted molar refractivity (Wildman–Crippen MR) is 223 cm³/mol. The Morgan fingerprint density at radius 3 is 1.02 bits per heavy atom. The fourth-order valence-electron chi connectivity index (χ4n) is 7.32. The predicted octanol–water partition coefficient (Wildman–Crippen LogP) is 14.5. The SMILES string of the molecule is CC(C)(C)c1ccc2c(c1)c1cc(C(C)(C)C)ccc1n2-c1ccc(Br)c(-n2c3ccc(C(C)(C)C)cc3c3cc(C(C)(C)C)ccc32)c1Cl. The third kappa shape index (κ3) is 5.70. The number of fused-ring (bicyclic) bond motifs is 6. The molecule has 0 amide bonds. The second-order valence-electron chi connectivity index (χ2n) is 18.3. The van der Waals surface area contributed by atoms with Gasteiger partial charge in [-0.05, 0) is 121 Å². The van der Waals surface area contributed by atoms with Crippen LogP contribution < -0.4 is 0 Å². The van der Waals surface area contributed by atoms with E-state index in [-0.39, 0.29) is 21.7 Å².